The molecule has 1 aromatic heterocycles. The lowest BCUT2D eigenvalue weighted by molar-refractivity contribution is -0.124. The topological polar surface area (TPSA) is 58.1 Å². The Morgan fingerprint density at radius 2 is 1.89 bits per heavy atom. The van der Waals surface area contributed by atoms with Crippen molar-refractivity contribution in [2.24, 2.45) is 0 Å². The maximum atomic E-state index is 11.7. The number of likely N-dealkylation sites (N-methyl/N-ethyl adjacent to an activating group) is 1. The van der Waals surface area contributed by atoms with E-state index in [2.05, 4.69) is 15.3 Å². The van der Waals surface area contributed by atoms with E-state index in [1.54, 1.807) is 0 Å². The third-order valence-electron chi connectivity index (χ3n) is 2.83. The van der Waals surface area contributed by atoms with E-state index in [0.29, 0.717) is 13.0 Å². The van der Waals surface area contributed by atoms with Gasteiger partial charge < -0.3 is 5.32 Å². The van der Waals surface area contributed by atoms with Gasteiger partial charge in [-0.1, -0.05) is 0 Å². The normalized spacial score (nSPS) is 12.6. The molecule has 0 radical (unpaired) electrons. The summed E-state index contributed by atoms with van der Waals surface area (Å²) in [6, 6.07) is 1.82. The number of carbonyl (C=O) groups excluding carboxylic acids is 1. The van der Waals surface area contributed by atoms with Crippen LogP contribution in [0.25, 0.3) is 0 Å². The summed E-state index contributed by atoms with van der Waals surface area (Å²) in [6.45, 7) is 6.35. The number of carbonyl (C=O) groups is 1. The van der Waals surface area contributed by atoms with Crippen LogP contribution in [0.3, 0.4) is 0 Å². The quantitative estimate of drug-likeness (QED) is 0.836. The van der Waals surface area contributed by atoms with Crippen molar-refractivity contribution in [3.63, 3.8) is 0 Å². The summed E-state index contributed by atoms with van der Waals surface area (Å²) in [5.74, 6) is 0.815. The monoisotopic (exact) mass is 250 g/mol. The van der Waals surface area contributed by atoms with Gasteiger partial charge in [-0.3, -0.25) is 9.69 Å². The van der Waals surface area contributed by atoms with E-state index in [1.807, 2.05) is 45.8 Å². The van der Waals surface area contributed by atoms with Crippen LogP contribution < -0.4 is 5.32 Å². The molecule has 1 amide bonds. The molecule has 100 valence electrons. The number of hydrogen-bond acceptors (Lipinski definition) is 4. The molecule has 0 aliphatic heterocycles. The van der Waals surface area contributed by atoms with Crippen LogP contribution in [0.4, 0.5) is 0 Å². The Hall–Kier alpha value is -1.49. The van der Waals surface area contributed by atoms with Gasteiger partial charge in [0.25, 0.3) is 0 Å². The molecule has 0 aromatic carbocycles. The van der Waals surface area contributed by atoms with Gasteiger partial charge in [0, 0.05) is 24.4 Å². The Bertz CT molecular complexity index is 397. The fourth-order valence-corrected chi connectivity index (χ4v) is 1.59. The summed E-state index contributed by atoms with van der Waals surface area (Å²) < 4.78 is 0. The first-order chi connectivity index (χ1) is 8.40. The predicted molar refractivity (Wildman–Crippen MR) is 71.4 cm³/mol. The first kappa shape index (κ1) is 14.6. The van der Waals surface area contributed by atoms with E-state index < -0.39 is 0 Å². The second kappa shape index (κ2) is 6.44. The second-order valence-electron chi connectivity index (χ2n) is 4.75. The zero-order chi connectivity index (χ0) is 13.7. The third-order valence-corrected chi connectivity index (χ3v) is 2.83. The van der Waals surface area contributed by atoms with Crippen molar-refractivity contribution in [1.29, 1.82) is 0 Å². The van der Waals surface area contributed by atoms with Gasteiger partial charge in [-0.15, -0.1) is 0 Å². The average Bonchev–Trinajstić information content (AvgIpc) is 2.26. The molecule has 5 nitrogen and oxygen atoms in total. The lowest BCUT2D eigenvalue weighted by Gasteiger charge is -2.18. The summed E-state index contributed by atoms with van der Waals surface area (Å²) in [7, 11) is 3.77. The molecule has 0 aliphatic rings. The summed E-state index contributed by atoms with van der Waals surface area (Å²) in [5.41, 5.74) is 1.93. The summed E-state index contributed by atoms with van der Waals surface area (Å²) in [5, 5.41) is 2.89. The molecule has 0 bridgehead atoms. The van der Waals surface area contributed by atoms with Crippen molar-refractivity contribution in [3.05, 3.63) is 23.3 Å². The van der Waals surface area contributed by atoms with E-state index in [-0.39, 0.29) is 11.9 Å². The minimum Gasteiger partial charge on any atom is -0.354 e. The molecule has 1 rings (SSSR count). The fraction of sp³-hybridized carbons (Fsp3) is 0.615. The van der Waals surface area contributed by atoms with Gasteiger partial charge in [-0.25, -0.2) is 9.97 Å². The van der Waals surface area contributed by atoms with Crippen molar-refractivity contribution >= 4 is 5.91 Å². The minimum absolute atomic E-state index is 0.0318. The molecule has 1 atom stereocenters. The highest BCUT2D eigenvalue weighted by Gasteiger charge is 2.13. The molecule has 1 N–H and O–H groups in total. The van der Waals surface area contributed by atoms with E-state index >= 15 is 0 Å². The Labute approximate surface area is 109 Å². The number of amides is 1. The minimum atomic E-state index is -0.120. The molecule has 0 fully saturated rings. The lowest BCUT2D eigenvalue weighted by atomic mass is 10.2. The van der Waals surface area contributed by atoms with E-state index in [4.69, 9.17) is 0 Å². The van der Waals surface area contributed by atoms with Crippen molar-refractivity contribution in [2.45, 2.75) is 33.2 Å². The first-order valence-electron chi connectivity index (χ1n) is 6.15. The smallest absolute Gasteiger partial charge is 0.237 e. The highest BCUT2D eigenvalue weighted by molar-refractivity contribution is 5.81. The molecule has 0 aliphatic carbocycles. The van der Waals surface area contributed by atoms with Crippen molar-refractivity contribution in [1.82, 2.24) is 20.2 Å². The van der Waals surface area contributed by atoms with Crippen LogP contribution in [0.5, 0.6) is 0 Å². The summed E-state index contributed by atoms with van der Waals surface area (Å²) >= 11 is 0. The summed E-state index contributed by atoms with van der Waals surface area (Å²) in [4.78, 5) is 22.3. The Balaban J connectivity index is 2.44. The first-order valence-corrected chi connectivity index (χ1v) is 6.15. The van der Waals surface area contributed by atoms with Gasteiger partial charge in [0.2, 0.25) is 5.91 Å². The van der Waals surface area contributed by atoms with Crippen LogP contribution in [0.2, 0.25) is 0 Å². The average molecular weight is 250 g/mol. The number of aryl methyl sites for hydroxylation is 2. The third kappa shape index (κ3) is 4.41. The van der Waals surface area contributed by atoms with Gasteiger partial charge in [0.15, 0.2) is 0 Å². The highest BCUT2D eigenvalue weighted by atomic mass is 16.2. The molecule has 0 saturated heterocycles. The Morgan fingerprint density at radius 1 is 1.33 bits per heavy atom. The SMILES string of the molecule is Cc1cc(C)nc(CCNC(=O)[C@H](C)N(C)C)n1. The van der Waals surface area contributed by atoms with Crippen LogP contribution in [0.1, 0.15) is 24.1 Å². The van der Waals surface area contributed by atoms with E-state index in [0.717, 1.165) is 17.2 Å². The van der Waals surface area contributed by atoms with Crippen LogP contribution in [0.15, 0.2) is 6.07 Å². The standard InChI is InChI=1S/C13H22N4O/c1-9-8-10(2)16-12(15-9)6-7-14-13(18)11(3)17(4)5/h8,11H,6-7H2,1-5H3,(H,14,18)/t11-/m0/s1. The number of rotatable bonds is 5. The van der Waals surface area contributed by atoms with Crippen molar-refractivity contribution < 1.29 is 4.79 Å². The van der Waals surface area contributed by atoms with Gasteiger partial charge >= 0.3 is 0 Å². The lowest BCUT2D eigenvalue weighted by Crippen LogP contribution is -2.42. The Morgan fingerprint density at radius 3 is 2.39 bits per heavy atom. The maximum absolute atomic E-state index is 11.7. The van der Waals surface area contributed by atoms with Crippen LogP contribution in [0, 0.1) is 13.8 Å². The molecular weight excluding hydrogens is 228 g/mol. The van der Waals surface area contributed by atoms with Crippen LogP contribution in [-0.4, -0.2) is 47.5 Å². The number of nitrogens with one attached hydrogen (secondary N) is 1. The molecule has 1 aromatic rings. The second-order valence-corrected chi connectivity index (χ2v) is 4.75. The zero-order valence-electron chi connectivity index (χ0n) is 11.8. The molecule has 5 heteroatoms. The highest BCUT2D eigenvalue weighted by Crippen LogP contribution is 1.99. The summed E-state index contributed by atoms with van der Waals surface area (Å²) in [6.07, 6.45) is 0.661. The van der Waals surface area contributed by atoms with E-state index in [9.17, 15) is 4.79 Å². The van der Waals surface area contributed by atoms with Gasteiger partial charge in [0.1, 0.15) is 5.82 Å². The molecule has 0 spiro atoms. The van der Waals surface area contributed by atoms with Crippen LogP contribution in [-0.2, 0) is 11.2 Å². The molecule has 18 heavy (non-hydrogen) atoms. The maximum Gasteiger partial charge on any atom is 0.237 e. The zero-order valence-corrected chi connectivity index (χ0v) is 11.8. The largest absolute Gasteiger partial charge is 0.354 e. The number of aromatic nitrogens is 2. The molecule has 0 saturated carbocycles. The Kier molecular flexibility index (Phi) is 5.22. The number of hydrogen-bond donors (Lipinski definition) is 1. The molecule has 1 heterocycles. The molecule has 0 unspecified atom stereocenters. The van der Waals surface area contributed by atoms with Crippen molar-refractivity contribution in [2.75, 3.05) is 20.6 Å². The fourth-order valence-electron chi connectivity index (χ4n) is 1.59. The van der Waals surface area contributed by atoms with Crippen molar-refractivity contribution in [3.8, 4) is 0 Å². The predicted octanol–water partition coefficient (Wildman–Crippen LogP) is 0.702. The van der Waals surface area contributed by atoms with Gasteiger partial charge in [0.05, 0.1) is 6.04 Å². The number of nitrogens with zero attached hydrogens (tertiary/aromatic N) is 3. The van der Waals surface area contributed by atoms with Crippen LogP contribution >= 0.6 is 0 Å². The molecular formula is C13H22N4O. The van der Waals surface area contributed by atoms with Gasteiger partial charge in [-0.05, 0) is 40.9 Å². The van der Waals surface area contributed by atoms with Gasteiger partial charge in [-0.2, -0.15) is 0 Å². The van der Waals surface area contributed by atoms with E-state index in [1.165, 1.54) is 0 Å².